The fraction of sp³-hybridized carbons (Fsp3) is 0. The van der Waals surface area contributed by atoms with Crippen molar-refractivity contribution in [3.63, 3.8) is 0 Å². The van der Waals surface area contributed by atoms with Crippen molar-refractivity contribution in [1.29, 1.82) is 0 Å². The molecule has 0 fully saturated rings. The van der Waals surface area contributed by atoms with Crippen molar-refractivity contribution in [3.8, 4) is 62.2 Å². The van der Waals surface area contributed by atoms with E-state index >= 15 is 0 Å². The fourth-order valence-corrected chi connectivity index (χ4v) is 6.47. The minimum absolute atomic E-state index is 0.630. The third-order valence-electron chi connectivity index (χ3n) is 8.86. The summed E-state index contributed by atoms with van der Waals surface area (Å²) in [6.07, 6.45) is 0. The molecule has 0 bridgehead atoms. The molecule has 0 radical (unpaired) electrons. The van der Waals surface area contributed by atoms with Gasteiger partial charge in [0.25, 0.3) is 0 Å². The van der Waals surface area contributed by atoms with Crippen LogP contribution in [0.5, 0.6) is 0 Å². The largest absolute Gasteiger partial charge is 0.232 e. The predicted molar refractivity (Wildman–Crippen MR) is 199 cm³/mol. The topological polar surface area (TPSA) is 56.5 Å². The molecule has 0 atom stereocenters. The summed E-state index contributed by atoms with van der Waals surface area (Å²) in [6.45, 7) is 0. The summed E-state index contributed by atoms with van der Waals surface area (Å²) in [5.74, 6) is 1.92. The Morgan fingerprint density at radius 3 is 1.49 bits per heavy atom. The van der Waals surface area contributed by atoms with E-state index in [2.05, 4.69) is 114 Å². The van der Waals surface area contributed by atoms with Crippen molar-refractivity contribution in [2.24, 2.45) is 0 Å². The highest BCUT2D eigenvalue weighted by atomic mass is 15.3. The lowest BCUT2D eigenvalue weighted by Gasteiger charge is -2.10. The van der Waals surface area contributed by atoms with Crippen LogP contribution in [0.3, 0.4) is 0 Å². The molecule has 2 aromatic heterocycles. The van der Waals surface area contributed by atoms with E-state index in [0.29, 0.717) is 17.5 Å². The van der Waals surface area contributed by atoms with E-state index in [1.807, 2.05) is 66.7 Å². The Labute approximate surface area is 283 Å². The Morgan fingerprint density at radius 1 is 0.347 bits per heavy atom. The molecule has 0 spiro atoms. The lowest BCUT2D eigenvalue weighted by Crippen LogP contribution is -2.00. The van der Waals surface area contributed by atoms with Gasteiger partial charge in [-0.2, -0.15) is 5.10 Å². The summed E-state index contributed by atoms with van der Waals surface area (Å²) < 4.78 is 2.08. The standard InChI is InChI=1S/C44H29N5/c1-4-15-31(16-5-1)42-45-43(32-17-6-2-7-18-32)47-44(46-42)36-22-13-20-34(29-36)33-19-12-21-35(28-33)40-39-27-26-30-14-10-11-25-38(30)41(39)49(48-40)37-23-8-3-9-24-37/h1-29H. The number of aromatic nitrogens is 5. The van der Waals surface area contributed by atoms with Crippen molar-refractivity contribution in [1.82, 2.24) is 24.7 Å². The Hall–Kier alpha value is -6.72. The quantitative estimate of drug-likeness (QED) is 0.184. The molecule has 9 aromatic rings. The first kappa shape index (κ1) is 28.5. The Kier molecular flexibility index (Phi) is 7.06. The number of benzene rings is 7. The second-order valence-corrected chi connectivity index (χ2v) is 12.0. The lowest BCUT2D eigenvalue weighted by atomic mass is 9.98. The monoisotopic (exact) mass is 627 g/mol. The van der Waals surface area contributed by atoms with E-state index < -0.39 is 0 Å². The minimum Gasteiger partial charge on any atom is -0.232 e. The molecule has 7 aromatic carbocycles. The van der Waals surface area contributed by atoms with Crippen LogP contribution >= 0.6 is 0 Å². The molecule has 0 amide bonds. The summed E-state index contributed by atoms with van der Waals surface area (Å²) in [5, 5.41) is 8.72. The maximum absolute atomic E-state index is 5.25. The Balaban J connectivity index is 1.16. The van der Waals surface area contributed by atoms with E-state index in [1.54, 1.807) is 0 Å². The zero-order chi connectivity index (χ0) is 32.6. The number of hydrogen-bond acceptors (Lipinski definition) is 4. The van der Waals surface area contributed by atoms with E-state index in [9.17, 15) is 0 Å². The summed E-state index contributed by atoms with van der Waals surface area (Å²) >= 11 is 0. The lowest BCUT2D eigenvalue weighted by molar-refractivity contribution is 0.918. The average molecular weight is 628 g/mol. The van der Waals surface area contributed by atoms with Crippen molar-refractivity contribution >= 4 is 21.7 Å². The highest BCUT2D eigenvalue weighted by molar-refractivity contribution is 6.10. The van der Waals surface area contributed by atoms with E-state index in [-0.39, 0.29) is 0 Å². The molecule has 5 heteroatoms. The molecule has 9 rings (SSSR count). The summed E-state index contributed by atoms with van der Waals surface area (Å²) in [7, 11) is 0. The van der Waals surface area contributed by atoms with Crippen LogP contribution in [0.25, 0.3) is 83.9 Å². The van der Waals surface area contributed by atoms with Gasteiger partial charge in [-0.1, -0.05) is 146 Å². The van der Waals surface area contributed by atoms with Crippen LogP contribution in [-0.4, -0.2) is 24.7 Å². The highest BCUT2D eigenvalue weighted by Crippen LogP contribution is 2.36. The zero-order valence-corrected chi connectivity index (χ0v) is 26.5. The van der Waals surface area contributed by atoms with Crippen LogP contribution in [0.2, 0.25) is 0 Å². The van der Waals surface area contributed by atoms with Gasteiger partial charge >= 0.3 is 0 Å². The number of nitrogens with zero attached hydrogens (tertiary/aromatic N) is 5. The van der Waals surface area contributed by atoms with E-state index in [4.69, 9.17) is 20.1 Å². The second-order valence-electron chi connectivity index (χ2n) is 12.0. The first-order chi connectivity index (χ1) is 24.3. The minimum atomic E-state index is 0.630. The molecule has 0 N–H and O–H groups in total. The third-order valence-corrected chi connectivity index (χ3v) is 8.86. The number of fused-ring (bicyclic) bond motifs is 3. The van der Waals surface area contributed by atoms with Crippen LogP contribution < -0.4 is 0 Å². The number of rotatable bonds is 6. The molecule has 0 aliphatic heterocycles. The SMILES string of the molecule is c1ccc(-c2nc(-c3ccccc3)nc(-c3cccc(-c4cccc(-c5nn(-c6ccccc6)c6c5ccc5ccccc56)c4)c3)n2)cc1. The maximum Gasteiger partial charge on any atom is 0.164 e. The van der Waals surface area contributed by atoms with Crippen LogP contribution in [-0.2, 0) is 0 Å². The van der Waals surface area contributed by atoms with Crippen molar-refractivity contribution in [3.05, 3.63) is 176 Å². The van der Waals surface area contributed by atoms with Gasteiger partial charge < -0.3 is 0 Å². The van der Waals surface area contributed by atoms with E-state index in [0.717, 1.165) is 55.7 Å². The van der Waals surface area contributed by atoms with Crippen LogP contribution in [0, 0.1) is 0 Å². The molecule has 0 saturated heterocycles. The fourth-order valence-electron chi connectivity index (χ4n) is 6.47. The van der Waals surface area contributed by atoms with Gasteiger partial charge in [-0.25, -0.2) is 19.6 Å². The first-order valence-electron chi connectivity index (χ1n) is 16.3. The van der Waals surface area contributed by atoms with E-state index in [1.165, 1.54) is 10.8 Å². The number of hydrogen-bond donors (Lipinski definition) is 0. The van der Waals surface area contributed by atoms with Gasteiger partial charge in [0.05, 0.1) is 11.2 Å². The summed E-state index contributed by atoms with van der Waals surface area (Å²) in [5.41, 5.74) is 9.10. The maximum atomic E-state index is 5.25. The van der Waals surface area contributed by atoms with Crippen LogP contribution in [0.4, 0.5) is 0 Å². The Morgan fingerprint density at radius 2 is 0.837 bits per heavy atom. The van der Waals surface area contributed by atoms with Crippen molar-refractivity contribution in [2.45, 2.75) is 0 Å². The van der Waals surface area contributed by atoms with Gasteiger partial charge in [-0.05, 0) is 46.8 Å². The zero-order valence-electron chi connectivity index (χ0n) is 26.5. The molecule has 2 heterocycles. The molecule has 0 unspecified atom stereocenters. The van der Waals surface area contributed by atoms with Gasteiger partial charge in [-0.15, -0.1) is 0 Å². The first-order valence-corrected chi connectivity index (χ1v) is 16.3. The average Bonchev–Trinajstić information content (AvgIpc) is 3.59. The molecule has 5 nitrogen and oxygen atoms in total. The molecular weight excluding hydrogens is 599 g/mol. The molecule has 230 valence electrons. The normalized spacial score (nSPS) is 11.3. The molecule has 0 saturated carbocycles. The van der Waals surface area contributed by atoms with Gasteiger partial charge in [0.1, 0.15) is 5.69 Å². The molecule has 0 aliphatic rings. The van der Waals surface area contributed by atoms with Crippen molar-refractivity contribution in [2.75, 3.05) is 0 Å². The second kappa shape index (κ2) is 12.1. The molecule has 49 heavy (non-hydrogen) atoms. The van der Waals surface area contributed by atoms with Gasteiger partial charge in [0.15, 0.2) is 17.5 Å². The van der Waals surface area contributed by atoms with Gasteiger partial charge in [-0.3, -0.25) is 0 Å². The van der Waals surface area contributed by atoms with Gasteiger partial charge in [0, 0.05) is 33.0 Å². The predicted octanol–water partition coefficient (Wildman–Crippen LogP) is 10.7. The van der Waals surface area contributed by atoms with Crippen molar-refractivity contribution < 1.29 is 0 Å². The number of para-hydroxylation sites is 1. The summed E-state index contributed by atoms with van der Waals surface area (Å²) in [4.78, 5) is 14.8. The smallest absolute Gasteiger partial charge is 0.164 e. The van der Waals surface area contributed by atoms with Crippen LogP contribution in [0.15, 0.2) is 176 Å². The summed E-state index contributed by atoms with van der Waals surface area (Å²) in [6, 6.07) is 60.4. The molecule has 0 aliphatic carbocycles. The Bertz CT molecular complexity index is 2540. The van der Waals surface area contributed by atoms with Gasteiger partial charge in [0.2, 0.25) is 0 Å². The highest BCUT2D eigenvalue weighted by Gasteiger charge is 2.17. The van der Waals surface area contributed by atoms with Crippen LogP contribution in [0.1, 0.15) is 0 Å². The molecular formula is C44H29N5. The third kappa shape index (κ3) is 5.33.